The molecule has 0 radical (unpaired) electrons. The van der Waals surface area contributed by atoms with Crippen LogP contribution in [0.1, 0.15) is 36.4 Å². The van der Waals surface area contributed by atoms with Crippen molar-refractivity contribution < 1.29 is 31.5 Å². The fourth-order valence-electron chi connectivity index (χ4n) is 3.89. The zero-order chi connectivity index (χ0) is 21.2. The van der Waals surface area contributed by atoms with E-state index in [1.807, 2.05) is 6.92 Å². The summed E-state index contributed by atoms with van der Waals surface area (Å²) >= 11 is 1.68. The average molecular weight is 444 g/mol. The van der Waals surface area contributed by atoms with Gasteiger partial charge in [0.15, 0.2) is 0 Å². The number of rotatable bonds is 3. The molecule has 0 aromatic carbocycles. The van der Waals surface area contributed by atoms with Gasteiger partial charge in [-0.05, 0) is 39.2 Å². The van der Waals surface area contributed by atoms with Gasteiger partial charge in [0.1, 0.15) is 0 Å². The maximum atomic E-state index is 12.1. The van der Waals surface area contributed by atoms with Crippen molar-refractivity contribution in [2.45, 2.75) is 50.9 Å². The van der Waals surface area contributed by atoms with Gasteiger partial charge in [0, 0.05) is 30.6 Å². The second-order valence-electron chi connectivity index (χ2n) is 7.14. The summed E-state index contributed by atoms with van der Waals surface area (Å²) in [6.07, 6.45) is 0.300. The minimum absolute atomic E-state index is 0.170. The molecule has 2 aliphatic heterocycles. The number of aliphatic carboxylic acids is 1. The van der Waals surface area contributed by atoms with Crippen LogP contribution in [0.3, 0.4) is 0 Å². The van der Waals surface area contributed by atoms with Gasteiger partial charge in [-0.25, -0.2) is 18.2 Å². The maximum Gasteiger partial charge on any atom is 0.490 e. The molecule has 2 aliphatic rings. The Labute approximate surface area is 166 Å². The predicted octanol–water partition coefficient (Wildman–Crippen LogP) is 2.47. The highest BCUT2D eigenvalue weighted by Gasteiger charge is 2.47. The number of nitrogens with zero attached hydrogens (tertiary/aromatic N) is 3. The average Bonchev–Trinajstić information content (AvgIpc) is 3.13. The second-order valence-corrected chi connectivity index (χ2v) is 10.1. The van der Waals surface area contributed by atoms with Gasteiger partial charge in [-0.15, -0.1) is 11.3 Å². The number of aryl methyl sites for hydroxylation is 1. The molecule has 1 aromatic heterocycles. The summed E-state index contributed by atoms with van der Waals surface area (Å²) in [6, 6.07) is 0. The van der Waals surface area contributed by atoms with Crippen LogP contribution in [0.4, 0.5) is 13.2 Å². The van der Waals surface area contributed by atoms with Gasteiger partial charge in [0.2, 0.25) is 10.0 Å². The molecular formula is C16H24F3N3O4S2. The van der Waals surface area contributed by atoms with Crippen molar-refractivity contribution in [1.82, 2.24) is 14.2 Å². The molecule has 1 spiro atoms. The van der Waals surface area contributed by atoms with E-state index in [0.717, 1.165) is 56.0 Å². The third-order valence-electron chi connectivity index (χ3n) is 4.86. The van der Waals surface area contributed by atoms with Gasteiger partial charge in [-0.1, -0.05) is 0 Å². The molecule has 0 bridgehead atoms. The third-order valence-corrected chi connectivity index (χ3v) is 7.05. The Kier molecular flexibility index (Phi) is 7.11. The minimum atomic E-state index is -5.08. The predicted molar refractivity (Wildman–Crippen MR) is 98.6 cm³/mol. The van der Waals surface area contributed by atoms with Crippen molar-refractivity contribution in [3.05, 3.63) is 16.1 Å². The Balaban J connectivity index is 0.000000345. The zero-order valence-electron chi connectivity index (χ0n) is 15.7. The smallest absolute Gasteiger partial charge is 0.475 e. The van der Waals surface area contributed by atoms with Crippen molar-refractivity contribution in [2.24, 2.45) is 0 Å². The lowest BCUT2D eigenvalue weighted by Crippen LogP contribution is -2.56. The summed E-state index contributed by atoms with van der Waals surface area (Å²) in [5.74, 6) is -2.76. The molecule has 0 saturated carbocycles. The molecule has 3 rings (SSSR count). The number of carboxylic acids is 1. The summed E-state index contributed by atoms with van der Waals surface area (Å²) < 4.78 is 57.6. The molecule has 3 heterocycles. The molecule has 28 heavy (non-hydrogen) atoms. The number of sulfonamides is 1. The van der Waals surface area contributed by atoms with E-state index < -0.39 is 22.2 Å². The van der Waals surface area contributed by atoms with E-state index in [1.54, 1.807) is 15.6 Å². The highest BCUT2D eigenvalue weighted by atomic mass is 32.2. The van der Waals surface area contributed by atoms with Crippen molar-refractivity contribution in [3.8, 4) is 0 Å². The molecular weight excluding hydrogens is 419 g/mol. The Morgan fingerprint density at radius 2 is 1.89 bits per heavy atom. The zero-order valence-corrected chi connectivity index (χ0v) is 17.3. The molecule has 12 heteroatoms. The van der Waals surface area contributed by atoms with E-state index >= 15 is 0 Å². The standard InChI is InChI=1S/C14H23N3O2S2.C2HF3O2/c1-12-15-13(10-20-12)9-16-7-3-5-14(11-16)6-4-8-17(14)21(2,18)19;3-2(4,5)1(6)7/h10H,3-9,11H2,1-2H3;(H,6,7). The molecule has 1 N–H and O–H groups in total. The highest BCUT2D eigenvalue weighted by Crippen LogP contribution is 2.39. The number of likely N-dealkylation sites (tertiary alicyclic amines) is 1. The lowest BCUT2D eigenvalue weighted by Gasteiger charge is -2.44. The Hall–Kier alpha value is -1.24. The largest absolute Gasteiger partial charge is 0.490 e. The number of alkyl halides is 3. The fraction of sp³-hybridized carbons (Fsp3) is 0.750. The summed E-state index contributed by atoms with van der Waals surface area (Å²) in [5.41, 5.74) is 0.940. The van der Waals surface area contributed by atoms with Crippen LogP contribution in [0.25, 0.3) is 0 Å². The fourth-order valence-corrected chi connectivity index (χ4v) is 5.90. The first-order valence-electron chi connectivity index (χ1n) is 8.75. The van der Waals surface area contributed by atoms with Gasteiger partial charge >= 0.3 is 12.1 Å². The van der Waals surface area contributed by atoms with Gasteiger partial charge < -0.3 is 5.11 Å². The van der Waals surface area contributed by atoms with E-state index in [1.165, 1.54) is 6.26 Å². The number of thiazole rings is 1. The summed E-state index contributed by atoms with van der Waals surface area (Å²) in [4.78, 5) is 15.8. The van der Waals surface area contributed by atoms with Crippen LogP contribution >= 0.6 is 11.3 Å². The first-order chi connectivity index (χ1) is 12.8. The monoisotopic (exact) mass is 443 g/mol. The van der Waals surface area contributed by atoms with Gasteiger partial charge in [0.05, 0.1) is 17.0 Å². The van der Waals surface area contributed by atoms with Crippen molar-refractivity contribution in [2.75, 3.05) is 25.9 Å². The van der Waals surface area contributed by atoms with Gasteiger partial charge in [0.25, 0.3) is 0 Å². The first-order valence-corrected chi connectivity index (χ1v) is 11.5. The maximum absolute atomic E-state index is 12.1. The quantitative estimate of drug-likeness (QED) is 0.772. The van der Waals surface area contributed by atoms with Crippen LogP contribution in [0.5, 0.6) is 0 Å². The number of aromatic nitrogens is 1. The van der Waals surface area contributed by atoms with E-state index in [2.05, 4.69) is 15.3 Å². The number of hydrogen-bond donors (Lipinski definition) is 1. The van der Waals surface area contributed by atoms with Crippen LogP contribution in [0, 0.1) is 6.92 Å². The number of carbonyl (C=O) groups is 1. The second kappa shape index (κ2) is 8.64. The van der Waals surface area contributed by atoms with Gasteiger partial charge in [-0.3, -0.25) is 4.90 Å². The number of hydrogen-bond acceptors (Lipinski definition) is 6. The molecule has 1 aromatic rings. The van der Waals surface area contributed by atoms with E-state index in [4.69, 9.17) is 9.90 Å². The van der Waals surface area contributed by atoms with Crippen LogP contribution in [-0.2, 0) is 21.4 Å². The topological polar surface area (TPSA) is 90.8 Å². The van der Waals surface area contributed by atoms with Gasteiger partial charge in [-0.2, -0.15) is 17.5 Å². The van der Waals surface area contributed by atoms with E-state index in [0.29, 0.717) is 6.54 Å². The lowest BCUT2D eigenvalue weighted by atomic mass is 9.87. The molecule has 2 fully saturated rings. The number of carboxylic acid groups (broad SMARTS) is 1. The number of halogens is 3. The summed E-state index contributed by atoms with van der Waals surface area (Å²) in [6.45, 7) is 5.42. The van der Waals surface area contributed by atoms with Crippen LogP contribution in [0.15, 0.2) is 5.38 Å². The first kappa shape index (κ1) is 23.0. The molecule has 7 nitrogen and oxygen atoms in total. The SMILES string of the molecule is Cc1nc(CN2CCCC3(CCCN3S(C)(=O)=O)C2)cs1.O=C(O)C(F)(F)F. The molecule has 0 aliphatic carbocycles. The molecule has 0 amide bonds. The normalized spacial score (nSPS) is 24.2. The van der Waals surface area contributed by atoms with Crippen LogP contribution < -0.4 is 0 Å². The minimum Gasteiger partial charge on any atom is -0.475 e. The lowest BCUT2D eigenvalue weighted by molar-refractivity contribution is -0.192. The Morgan fingerprint density at radius 1 is 1.32 bits per heavy atom. The van der Waals surface area contributed by atoms with E-state index in [-0.39, 0.29) is 5.54 Å². The summed E-state index contributed by atoms with van der Waals surface area (Å²) in [5, 5.41) is 10.3. The Bertz CT molecular complexity index is 797. The van der Waals surface area contributed by atoms with Crippen molar-refractivity contribution in [1.29, 1.82) is 0 Å². The van der Waals surface area contributed by atoms with Crippen molar-refractivity contribution >= 4 is 27.3 Å². The highest BCUT2D eigenvalue weighted by molar-refractivity contribution is 7.88. The Morgan fingerprint density at radius 3 is 2.36 bits per heavy atom. The van der Waals surface area contributed by atoms with Crippen LogP contribution in [0.2, 0.25) is 0 Å². The van der Waals surface area contributed by atoms with Crippen molar-refractivity contribution in [3.63, 3.8) is 0 Å². The molecule has 2 saturated heterocycles. The number of piperidine rings is 1. The van der Waals surface area contributed by atoms with Crippen LogP contribution in [-0.4, -0.2) is 71.3 Å². The molecule has 1 atom stereocenters. The third kappa shape index (κ3) is 5.88. The summed E-state index contributed by atoms with van der Waals surface area (Å²) in [7, 11) is -3.11. The molecule has 160 valence electrons. The molecule has 1 unspecified atom stereocenters. The van der Waals surface area contributed by atoms with E-state index in [9.17, 15) is 21.6 Å².